The van der Waals surface area contributed by atoms with E-state index >= 15 is 0 Å². The van der Waals surface area contributed by atoms with Crippen LogP contribution in [0.15, 0.2) is 48.7 Å². The van der Waals surface area contributed by atoms with Gasteiger partial charge in [0.05, 0.1) is 11.2 Å². The van der Waals surface area contributed by atoms with Gasteiger partial charge < -0.3 is 10.1 Å². The van der Waals surface area contributed by atoms with E-state index < -0.39 is 0 Å². The Morgan fingerprint density at radius 3 is 2.57 bits per heavy atom. The van der Waals surface area contributed by atoms with Crippen LogP contribution in [-0.2, 0) is 19.3 Å². The SMILES string of the molecule is NCCc1nc(CCc2ccc(Cl)cc2)n2ccccc12. The number of rotatable bonds is 5. The van der Waals surface area contributed by atoms with E-state index in [1.807, 2.05) is 24.3 Å². The van der Waals surface area contributed by atoms with Crippen LogP contribution in [0.2, 0.25) is 5.02 Å². The molecule has 0 aliphatic rings. The number of halogens is 1. The fraction of sp³-hybridized carbons (Fsp3) is 0.235. The summed E-state index contributed by atoms with van der Waals surface area (Å²) in [7, 11) is 0. The minimum Gasteiger partial charge on any atom is -0.330 e. The molecule has 0 aliphatic heterocycles. The number of hydrogen-bond acceptors (Lipinski definition) is 2. The van der Waals surface area contributed by atoms with Crippen molar-refractivity contribution in [3.8, 4) is 0 Å². The minimum absolute atomic E-state index is 0.623. The molecule has 3 nitrogen and oxygen atoms in total. The predicted octanol–water partition coefficient (Wildman–Crippen LogP) is 3.27. The molecule has 0 spiro atoms. The molecule has 0 unspecified atom stereocenters. The molecule has 0 bridgehead atoms. The van der Waals surface area contributed by atoms with Gasteiger partial charge in [-0.25, -0.2) is 4.98 Å². The third-order valence-electron chi connectivity index (χ3n) is 3.63. The van der Waals surface area contributed by atoms with E-state index in [4.69, 9.17) is 22.3 Å². The molecule has 0 radical (unpaired) electrons. The molecule has 4 heteroatoms. The van der Waals surface area contributed by atoms with Gasteiger partial charge in [-0.2, -0.15) is 0 Å². The highest BCUT2D eigenvalue weighted by Crippen LogP contribution is 2.16. The summed E-state index contributed by atoms with van der Waals surface area (Å²) in [6.45, 7) is 0.623. The fourth-order valence-electron chi connectivity index (χ4n) is 2.57. The topological polar surface area (TPSA) is 43.3 Å². The molecule has 108 valence electrons. The van der Waals surface area contributed by atoms with Crippen molar-refractivity contribution in [1.82, 2.24) is 9.38 Å². The zero-order valence-electron chi connectivity index (χ0n) is 11.8. The summed E-state index contributed by atoms with van der Waals surface area (Å²) in [5.74, 6) is 1.09. The molecule has 0 saturated heterocycles. The highest BCUT2D eigenvalue weighted by Gasteiger charge is 2.09. The van der Waals surface area contributed by atoms with Crippen LogP contribution in [0.1, 0.15) is 17.1 Å². The maximum Gasteiger partial charge on any atom is 0.113 e. The van der Waals surface area contributed by atoms with Gasteiger partial charge in [-0.15, -0.1) is 0 Å². The van der Waals surface area contributed by atoms with Crippen LogP contribution in [0.3, 0.4) is 0 Å². The first-order chi connectivity index (χ1) is 10.3. The van der Waals surface area contributed by atoms with Crippen molar-refractivity contribution >= 4 is 17.1 Å². The van der Waals surface area contributed by atoms with Crippen molar-refractivity contribution in [2.45, 2.75) is 19.3 Å². The molecule has 1 aromatic carbocycles. The zero-order valence-corrected chi connectivity index (χ0v) is 12.6. The molecule has 0 atom stereocenters. The standard InChI is InChI=1S/C17H18ClN3/c18-14-7-4-13(5-8-14)6-9-17-20-15(10-11-19)16-3-1-2-12-21(16)17/h1-5,7-8,12H,6,9-11,19H2. The van der Waals surface area contributed by atoms with E-state index in [0.29, 0.717) is 6.54 Å². The summed E-state index contributed by atoms with van der Waals surface area (Å²) in [5, 5.41) is 0.773. The van der Waals surface area contributed by atoms with Crippen LogP contribution in [-0.4, -0.2) is 15.9 Å². The van der Waals surface area contributed by atoms with Gasteiger partial charge in [-0.3, -0.25) is 0 Å². The minimum atomic E-state index is 0.623. The Balaban J connectivity index is 1.84. The predicted molar refractivity (Wildman–Crippen MR) is 86.8 cm³/mol. The van der Waals surface area contributed by atoms with Gasteiger partial charge in [-0.05, 0) is 42.8 Å². The summed E-state index contributed by atoms with van der Waals surface area (Å²) in [5.41, 5.74) is 9.20. The Labute approximate surface area is 129 Å². The van der Waals surface area contributed by atoms with Crippen LogP contribution < -0.4 is 5.73 Å². The Morgan fingerprint density at radius 2 is 1.81 bits per heavy atom. The van der Waals surface area contributed by atoms with E-state index in [-0.39, 0.29) is 0 Å². The Morgan fingerprint density at radius 1 is 1.00 bits per heavy atom. The summed E-state index contributed by atoms with van der Waals surface area (Å²) >= 11 is 5.92. The third-order valence-corrected chi connectivity index (χ3v) is 3.88. The van der Waals surface area contributed by atoms with Crippen molar-refractivity contribution in [2.75, 3.05) is 6.54 Å². The molecule has 2 heterocycles. The van der Waals surface area contributed by atoms with E-state index in [0.717, 1.165) is 41.3 Å². The molecule has 0 saturated carbocycles. The van der Waals surface area contributed by atoms with Crippen molar-refractivity contribution < 1.29 is 0 Å². The molecule has 3 aromatic rings. The number of benzene rings is 1. The van der Waals surface area contributed by atoms with Gasteiger partial charge in [0, 0.05) is 24.1 Å². The maximum atomic E-state index is 5.92. The number of imidazole rings is 1. The van der Waals surface area contributed by atoms with Gasteiger partial charge in [0.15, 0.2) is 0 Å². The molecule has 3 rings (SSSR count). The Kier molecular flexibility index (Phi) is 4.23. The highest BCUT2D eigenvalue weighted by atomic mass is 35.5. The molecule has 0 fully saturated rings. The van der Waals surface area contributed by atoms with Crippen molar-refractivity contribution in [3.05, 3.63) is 70.8 Å². The van der Waals surface area contributed by atoms with Gasteiger partial charge in [0.1, 0.15) is 5.82 Å². The van der Waals surface area contributed by atoms with E-state index in [1.54, 1.807) is 0 Å². The second-order valence-corrected chi connectivity index (χ2v) is 5.53. The lowest BCUT2D eigenvalue weighted by Crippen LogP contribution is -2.03. The van der Waals surface area contributed by atoms with Crippen LogP contribution in [0.25, 0.3) is 5.52 Å². The number of pyridine rings is 1. The number of fused-ring (bicyclic) bond motifs is 1. The molecule has 0 aliphatic carbocycles. The van der Waals surface area contributed by atoms with Crippen molar-refractivity contribution in [2.24, 2.45) is 5.73 Å². The van der Waals surface area contributed by atoms with E-state index in [2.05, 4.69) is 28.8 Å². The summed E-state index contributed by atoms with van der Waals surface area (Å²) in [6, 6.07) is 14.2. The Hall–Kier alpha value is -1.84. The molecule has 2 N–H and O–H groups in total. The van der Waals surface area contributed by atoms with Crippen molar-refractivity contribution in [1.29, 1.82) is 0 Å². The summed E-state index contributed by atoms with van der Waals surface area (Å²) < 4.78 is 2.17. The highest BCUT2D eigenvalue weighted by molar-refractivity contribution is 6.30. The monoisotopic (exact) mass is 299 g/mol. The van der Waals surface area contributed by atoms with Gasteiger partial charge >= 0.3 is 0 Å². The third kappa shape index (κ3) is 3.09. The summed E-state index contributed by atoms with van der Waals surface area (Å²) in [4.78, 5) is 4.77. The van der Waals surface area contributed by atoms with Gasteiger partial charge in [0.25, 0.3) is 0 Å². The van der Waals surface area contributed by atoms with E-state index in [1.165, 1.54) is 5.56 Å². The normalized spacial score (nSPS) is 11.1. The zero-order chi connectivity index (χ0) is 14.7. The maximum absolute atomic E-state index is 5.92. The summed E-state index contributed by atoms with van der Waals surface area (Å²) in [6.07, 6.45) is 4.73. The van der Waals surface area contributed by atoms with Crippen LogP contribution in [0.5, 0.6) is 0 Å². The first-order valence-corrected chi connectivity index (χ1v) is 7.55. The second-order valence-electron chi connectivity index (χ2n) is 5.10. The first kappa shape index (κ1) is 14.1. The van der Waals surface area contributed by atoms with Gasteiger partial charge in [-0.1, -0.05) is 29.8 Å². The number of hydrogen-bond donors (Lipinski definition) is 1. The van der Waals surface area contributed by atoms with Crippen LogP contribution in [0, 0.1) is 0 Å². The lowest BCUT2D eigenvalue weighted by Gasteiger charge is -2.02. The van der Waals surface area contributed by atoms with Gasteiger partial charge in [0.2, 0.25) is 0 Å². The first-order valence-electron chi connectivity index (χ1n) is 7.17. The number of nitrogens with two attached hydrogens (primary N) is 1. The van der Waals surface area contributed by atoms with Crippen LogP contribution >= 0.6 is 11.6 Å². The second kappa shape index (κ2) is 6.29. The smallest absolute Gasteiger partial charge is 0.113 e. The largest absolute Gasteiger partial charge is 0.330 e. The quantitative estimate of drug-likeness (QED) is 0.786. The number of aryl methyl sites for hydroxylation is 2. The lowest BCUT2D eigenvalue weighted by atomic mass is 10.1. The molecular weight excluding hydrogens is 282 g/mol. The van der Waals surface area contributed by atoms with Crippen molar-refractivity contribution in [3.63, 3.8) is 0 Å². The molecular formula is C17H18ClN3. The number of aromatic nitrogens is 2. The van der Waals surface area contributed by atoms with Crippen LogP contribution in [0.4, 0.5) is 0 Å². The number of nitrogens with zero attached hydrogens (tertiary/aromatic N) is 2. The molecule has 0 amide bonds. The molecule has 21 heavy (non-hydrogen) atoms. The average Bonchev–Trinajstić information content (AvgIpc) is 2.86. The lowest BCUT2D eigenvalue weighted by molar-refractivity contribution is 0.842. The fourth-order valence-corrected chi connectivity index (χ4v) is 2.70. The Bertz CT molecular complexity index is 731. The average molecular weight is 300 g/mol. The molecule has 2 aromatic heterocycles. The van der Waals surface area contributed by atoms with E-state index in [9.17, 15) is 0 Å².